The molecule has 1 unspecified atom stereocenters. The predicted molar refractivity (Wildman–Crippen MR) is 83.7 cm³/mol. The number of hydrogen-bond donors (Lipinski definition) is 0. The number of carbonyl (C=O) groups is 1. The second-order valence-electron chi connectivity index (χ2n) is 5.78. The summed E-state index contributed by atoms with van der Waals surface area (Å²) in [5.74, 6) is 0.564. The number of rotatable bonds is 9. The Hall–Kier alpha value is -1.31. The lowest BCUT2D eigenvalue weighted by Gasteiger charge is -2.14. The molecule has 0 heterocycles. The minimum absolute atomic E-state index is 0.0810. The quantitative estimate of drug-likeness (QED) is 0.471. The van der Waals surface area contributed by atoms with E-state index in [-0.39, 0.29) is 11.9 Å². The molecule has 0 fully saturated rings. The van der Waals surface area contributed by atoms with E-state index in [9.17, 15) is 4.79 Å². The molecule has 2 nitrogen and oxygen atoms in total. The van der Waals surface area contributed by atoms with Gasteiger partial charge in [0.25, 0.3) is 0 Å². The Kier molecular flexibility index (Phi) is 8.01. The third kappa shape index (κ3) is 6.23. The van der Waals surface area contributed by atoms with Crippen LogP contribution in [-0.4, -0.2) is 12.6 Å². The lowest BCUT2D eigenvalue weighted by Crippen LogP contribution is -2.16. The van der Waals surface area contributed by atoms with Crippen molar-refractivity contribution in [2.45, 2.75) is 58.8 Å². The third-order valence-corrected chi connectivity index (χ3v) is 3.56. The van der Waals surface area contributed by atoms with Gasteiger partial charge in [0.1, 0.15) is 0 Å². The smallest absolute Gasteiger partial charge is 0.313 e. The molecule has 1 atom stereocenters. The van der Waals surface area contributed by atoms with Crippen molar-refractivity contribution in [2.75, 3.05) is 6.61 Å². The topological polar surface area (TPSA) is 26.3 Å². The van der Waals surface area contributed by atoms with E-state index in [1.807, 2.05) is 37.3 Å². The fourth-order valence-electron chi connectivity index (χ4n) is 2.33. The first kappa shape index (κ1) is 16.7. The lowest BCUT2D eigenvalue weighted by atomic mass is 9.97. The minimum atomic E-state index is -0.119. The van der Waals surface area contributed by atoms with E-state index in [0.717, 1.165) is 30.7 Å². The fraction of sp³-hybridized carbons (Fsp3) is 0.611. The van der Waals surface area contributed by atoms with Crippen molar-refractivity contribution in [1.29, 1.82) is 0 Å². The molecule has 0 aliphatic carbocycles. The standard InChI is InChI=1S/C18H28O2/c1-4-17(16-12-8-5-9-13-16)18(19)20-14-10-6-7-11-15(2)3/h5,8-9,12-13,15,17H,4,6-7,10-11,14H2,1-3H3. The van der Waals surface area contributed by atoms with Gasteiger partial charge >= 0.3 is 5.97 Å². The molecule has 0 saturated heterocycles. The average Bonchev–Trinajstić information content (AvgIpc) is 2.44. The SMILES string of the molecule is CCC(C(=O)OCCCCCC(C)C)c1ccccc1. The van der Waals surface area contributed by atoms with Crippen LogP contribution in [0.2, 0.25) is 0 Å². The summed E-state index contributed by atoms with van der Waals surface area (Å²) >= 11 is 0. The van der Waals surface area contributed by atoms with E-state index in [2.05, 4.69) is 13.8 Å². The van der Waals surface area contributed by atoms with Gasteiger partial charge in [0.15, 0.2) is 0 Å². The summed E-state index contributed by atoms with van der Waals surface area (Å²) in [6, 6.07) is 9.90. The summed E-state index contributed by atoms with van der Waals surface area (Å²) in [5.41, 5.74) is 1.06. The van der Waals surface area contributed by atoms with E-state index in [1.54, 1.807) is 0 Å². The summed E-state index contributed by atoms with van der Waals surface area (Å²) in [7, 11) is 0. The molecule has 2 heteroatoms. The number of hydrogen-bond acceptors (Lipinski definition) is 2. The zero-order valence-corrected chi connectivity index (χ0v) is 13.1. The Balaban J connectivity index is 2.27. The van der Waals surface area contributed by atoms with Crippen molar-refractivity contribution >= 4 is 5.97 Å². The van der Waals surface area contributed by atoms with Crippen LogP contribution in [0.1, 0.15) is 64.4 Å². The van der Waals surface area contributed by atoms with Gasteiger partial charge in [0, 0.05) is 0 Å². The van der Waals surface area contributed by atoms with E-state index >= 15 is 0 Å². The fourth-order valence-corrected chi connectivity index (χ4v) is 2.33. The molecule has 1 aromatic rings. The molecular formula is C18H28O2. The molecule has 0 radical (unpaired) electrons. The van der Waals surface area contributed by atoms with Crippen LogP contribution in [0.3, 0.4) is 0 Å². The average molecular weight is 276 g/mol. The minimum Gasteiger partial charge on any atom is -0.465 e. The second-order valence-corrected chi connectivity index (χ2v) is 5.78. The summed E-state index contributed by atoms with van der Waals surface area (Å²) in [4.78, 5) is 12.1. The highest BCUT2D eigenvalue weighted by Gasteiger charge is 2.19. The van der Waals surface area contributed by atoms with Crippen LogP contribution >= 0.6 is 0 Å². The van der Waals surface area contributed by atoms with Crippen LogP contribution in [0, 0.1) is 5.92 Å². The molecule has 0 saturated carbocycles. The van der Waals surface area contributed by atoms with Crippen molar-refractivity contribution in [3.63, 3.8) is 0 Å². The summed E-state index contributed by atoms with van der Waals surface area (Å²) in [6.45, 7) is 7.07. The predicted octanol–water partition coefficient (Wildman–Crippen LogP) is 4.94. The first-order valence-corrected chi connectivity index (χ1v) is 7.86. The summed E-state index contributed by atoms with van der Waals surface area (Å²) in [5, 5.41) is 0. The molecule has 20 heavy (non-hydrogen) atoms. The Morgan fingerprint density at radius 2 is 1.80 bits per heavy atom. The highest BCUT2D eigenvalue weighted by Crippen LogP contribution is 2.21. The monoisotopic (exact) mass is 276 g/mol. The maximum atomic E-state index is 12.1. The van der Waals surface area contributed by atoms with Crippen molar-refractivity contribution < 1.29 is 9.53 Å². The molecule has 112 valence electrons. The molecule has 0 aromatic heterocycles. The number of ether oxygens (including phenoxy) is 1. The summed E-state index contributed by atoms with van der Waals surface area (Å²) < 4.78 is 5.42. The number of carbonyl (C=O) groups excluding carboxylic acids is 1. The number of unbranched alkanes of at least 4 members (excludes halogenated alkanes) is 2. The van der Waals surface area contributed by atoms with Gasteiger partial charge in [-0.2, -0.15) is 0 Å². The van der Waals surface area contributed by atoms with Crippen LogP contribution < -0.4 is 0 Å². The molecule has 1 aromatic carbocycles. The first-order valence-electron chi connectivity index (χ1n) is 7.86. The second kappa shape index (κ2) is 9.57. The van der Waals surface area contributed by atoms with Crippen LogP contribution in [-0.2, 0) is 9.53 Å². The first-order chi connectivity index (χ1) is 9.65. The maximum Gasteiger partial charge on any atom is 0.313 e. The van der Waals surface area contributed by atoms with Gasteiger partial charge in [-0.15, -0.1) is 0 Å². The normalized spacial score (nSPS) is 12.4. The third-order valence-electron chi connectivity index (χ3n) is 3.56. The highest BCUT2D eigenvalue weighted by molar-refractivity contribution is 5.78. The van der Waals surface area contributed by atoms with E-state index < -0.39 is 0 Å². The van der Waals surface area contributed by atoms with E-state index in [1.165, 1.54) is 12.8 Å². The molecule has 0 N–H and O–H groups in total. The highest BCUT2D eigenvalue weighted by atomic mass is 16.5. The van der Waals surface area contributed by atoms with Gasteiger partial charge in [0.2, 0.25) is 0 Å². The molecule has 0 bridgehead atoms. The molecule has 0 aliphatic rings. The molecule has 0 spiro atoms. The molecular weight excluding hydrogens is 248 g/mol. The van der Waals surface area contributed by atoms with E-state index in [4.69, 9.17) is 4.74 Å². The van der Waals surface area contributed by atoms with Gasteiger partial charge in [-0.3, -0.25) is 4.79 Å². The Morgan fingerprint density at radius 3 is 2.40 bits per heavy atom. The van der Waals surface area contributed by atoms with E-state index in [0.29, 0.717) is 6.61 Å². The van der Waals surface area contributed by atoms with Gasteiger partial charge in [-0.05, 0) is 24.3 Å². The maximum absolute atomic E-state index is 12.1. The Bertz CT molecular complexity index is 370. The van der Waals surface area contributed by atoms with Crippen molar-refractivity contribution in [3.8, 4) is 0 Å². The van der Waals surface area contributed by atoms with Crippen LogP contribution in [0.4, 0.5) is 0 Å². The van der Waals surface area contributed by atoms with Gasteiger partial charge in [0.05, 0.1) is 12.5 Å². The van der Waals surface area contributed by atoms with Crippen molar-refractivity contribution in [2.24, 2.45) is 5.92 Å². The van der Waals surface area contributed by atoms with Crippen LogP contribution in [0.25, 0.3) is 0 Å². The van der Waals surface area contributed by atoms with Crippen LogP contribution in [0.15, 0.2) is 30.3 Å². The van der Waals surface area contributed by atoms with Crippen LogP contribution in [0.5, 0.6) is 0 Å². The molecule has 1 rings (SSSR count). The summed E-state index contributed by atoms with van der Waals surface area (Å²) in [6.07, 6.45) is 5.40. The number of benzene rings is 1. The van der Waals surface area contributed by atoms with Crippen molar-refractivity contribution in [1.82, 2.24) is 0 Å². The zero-order valence-electron chi connectivity index (χ0n) is 13.1. The zero-order chi connectivity index (χ0) is 14.8. The molecule has 0 aliphatic heterocycles. The van der Waals surface area contributed by atoms with Gasteiger partial charge in [-0.1, -0.05) is 70.4 Å². The Morgan fingerprint density at radius 1 is 1.10 bits per heavy atom. The lowest BCUT2D eigenvalue weighted by molar-refractivity contribution is -0.145. The molecule has 0 amide bonds. The van der Waals surface area contributed by atoms with Crippen molar-refractivity contribution in [3.05, 3.63) is 35.9 Å². The largest absolute Gasteiger partial charge is 0.465 e. The van der Waals surface area contributed by atoms with Gasteiger partial charge < -0.3 is 4.74 Å². The Labute approximate surface area is 123 Å². The number of esters is 1. The van der Waals surface area contributed by atoms with Gasteiger partial charge in [-0.25, -0.2) is 0 Å².